The fraction of sp³-hybridized carbons (Fsp3) is 0.0417. The Hall–Kier alpha value is -4.51. The Bertz CT molecular complexity index is 1480. The van der Waals surface area contributed by atoms with Crippen LogP contribution in [0.1, 0.15) is 31.8 Å². The summed E-state index contributed by atoms with van der Waals surface area (Å²) < 4.78 is 0.314. The van der Waals surface area contributed by atoms with Crippen molar-refractivity contribution in [1.82, 2.24) is 26.0 Å². The van der Waals surface area contributed by atoms with Crippen molar-refractivity contribution in [2.45, 2.75) is 6.54 Å². The van der Waals surface area contributed by atoms with Crippen LogP contribution in [0.3, 0.4) is 0 Å². The Morgan fingerprint density at radius 3 is 2.51 bits per heavy atom. The third-order valence-electron chi connectivity index (χ3n) is 4.97. The van der Waals surface area contributed by atoms with Crippen molar-refractivity contribution in [1.29, 1.82) is 0 Å². The first-order valence-corrected chi connectivity index (χ1v) is 11.0. The van der Waals surface area contributed by atoms with Crippen molar-refractivity contribution >= 4 is 50.8 Å². The molecule has 0 saturated heterocycles. The summed E-state index contributed by atoms with van der Waals surface area (Å²) in [5.74, 6) is -2.27. The molecule has 0 saturated carbocycles. The van der Waals surface area contributed by atoms with Crippen LogP contribution in [0.2, 0.25) is 0 Å². The lowest BCUT2D eigenvalue weighted by Crippen LogP contribution is -2.28. The molecule has 0 unspecified atom stereocenters. The molecule has 0 spiro atoms. The van der Waals surface area contributed by atoms with Gasteiger partial charge in [-0.05, 0) is 75.6 Å². The number of phenols is 1. The highest BCUT2D eigenvalue weighted by atomic mass is 79.9. The van der Waals surface area contributed by atoms with Crippen molar-refractivity contribution in [2.24, 2.45) is 0 Å². The first-order valence-electron chi connectivity index (χ1n) is 10.2. The van der Waals surface area contributed by atoms with Crippen LogP contribution in [0.5, 0.6) is 5.75 Å². The number of benzene rings is 3. The number of aliphatic carboxylic acids is 1. The average molecular weight is 536 g/mol. The molecule has 3 aromatic carbocycles. The minimum atomic E-state index is -1.32. The molecule has 1 heterocycles. The highest BCUT2D eigenvalue weighted by Gasteiger charge is 2.17. The van der Waals surface area contributed by atoms with Gasteiger partial charge in [0.15, 0.2) is 0 Å². The second-order valence-corrected chi connectivity index (χ2v) is 8.29. The molecule has 35 heavy (non-hydrogen) atoms. The predicted octanol–water partition coefficient (Wildman–Crippen LogP) is 3.21. The van der Waals surface area contributed by atoms with Crippen LogP contribution in [0.15, 0.2) is 70.8 Å². The molecule has 176 valence electrons. The van der Waals surface area contributed by atoms with E-state index in [0.717, 1.165) is 5.56 Å². The van der Waals surface area contributed by atoms with Gasteiger partial charge in [0.05, 0.1) is 5.56 Å². The number of carboxylic acid groups (broad SMARTS) is 1. The third-order valence-corrected chi connectivity index (χ3v) is 5.63. The van der Waals surface area contributed by atoms with Gasteiger partial charge in [-0.2, -0.15) is 15.4 Å². The molecular weight excluding hydrogens is 518 g/mol. The van der Waals surface area contributed by atoms with Crippen LogP contribution in [-0.4, -0.2) is 43.4 Å². The second-order valence-electron chi connectivity index (χ2n) is 7.44. The zero-order chi connectivity index (χ0) is 24.9. The summed E-state index contributed by atoms with van der Waals surface area (Å²) in [5, 5.41) is 34.6. The van der Waals surface area contributed by atoms with Gasteiger partial charge in [0.2, 0.25) is 0 Å². The number of aromatic nitrogens is 3. The zero-order valence-electron chi connectivity index (χ0n) is 17.9. The molecule has 0 aliphatic rings. The van der Waals surface area contributed by atoms with Crippen LogP contribution in [0.25, 0.3) is 17.1 Å². The SMILES string of the molecule is O=C(O)C(=Cc1ccc2n[nH]nc2c1)NC(=O)c1ccc(C(=O)NCc2cccc(O)c2)cc1Br. The fourth-order valence-electron chi connectivity index (χ4n) is 3.25. The quantitative estimate of drug-likeness (QED) is 0.227. The first-order chi connectivity index (χ1) is 16.8. The summed E-state index contributed by atoms with van der Waals surface area (Å²) in [6.07, 6.45) is 1.31. The summed E-state index contributed by atoms with van der Waals surface area (Å²) in [4.78, 5) is 37.0. The van der Waals surface area contributed by atoms with Gasteiger partial charge in [-0.15, -0.1) is 0 Å². The van der Waals surface area contributed by atoms with Gasteiger partial charge in [-0.1, -0.05) is 18.2 Å². The van der Waals surface area contributed by atoms with Crippen molar-refractivity contribution in [3.63, 3.8) is 0 Å². The number of carbonyl (C=O) groups is 3. The number of carbonyl (C=O) groups excluding carboxylic acids is 2. The topological polar surface area (TPSA) is 157 Å². The minimum Gasteiger partial charge on any atom is -0.508 e. The van der Waals surface area contributed by atoms with Gasteiger partial charge >= 0.3 is 5.97 Å². The number of halogens is 1. The minimum absolute atomic E-state index is 0.100. The number of rotatable bonds is 7. The molecule has 0 atom stereocenters. The summed E-state index contributed by atoms with van der Waals surface area (Å²) in [6, 6.07) is 15.8. The maximum atomic E-state index is 12.8. The lowest BCUT2D eigenvalue weighted by molar-refractivity contribution is -0.132. The average Bonchev–Trinajstić information content (AvgIpc) is 3.30. The molecule has 4 aromatic rings. The van der Waals surface area contributed by atoms with E-state index in [9.17, 15) is 24.6 Å². The zero-order valence-corrected chi connectivity index (χ0v) is 19.5. The summed E-state index contributed by atoms with van der Waals surface area (Å²) in [6.45, 7) is 0.208. The number of hydrogen-bond acceptors (Lipinski definition) is 6. The van der Waals surface area contributed by atoms with Crippen LogP contribution in [0, 0.1) is 0 Å². The molecule has 1 aromatic heterocycles. The van der Waals surface area contributed by atoms with Crippen molar-refractivity contribution in [3.05, 3.63) is 93.1 Å². The first kappa shape index (κ1) is 23.6. The molecule has 0 radical (unpaired) electrons. The lowest BCUT2D eigenvalue weighted by Gasteiger charge is -2.10. The van der Waals surface area contributed by atoms with Gasteiger partial charge in [0.25, 0.3) is 11.8 Å². The highest BCUT2D eigenvalue weighted by Crippen LogP contribution is 2.20. The summed E-state index contributed by atoms with van der Waals surface area (Å²) in [5.41, 5.74) is 2.52. The van der Waals surface area contributed by atoms with Crippen LogP contribution >= 0.6 is 15.9 Å². The van der Waals surface area contributed by atoms with Crippen molar-refractivity contribution < 1.29 is 24.6 Å². The monoisotopic (exact) mass is 535 g/mol. The number of nitrogens with one attached hydrogen (secondary N) is 3. The Balaban J connectivity index is 1.47. The molecule has 5 N–H and O–H groups in total. The van der Waals surface area contributed by atoms with E-state index in [1.54, 1.807) is 36.4 Å². The second kappa shape index (κ2) is 10.2. The fourth-order valence-corrected chi connectivity index (χ4v) is 3.80. The number of carboxylic acids is 1. The number of hydrogen-bond donors (Lipinski definition) is 5. The smallest absolute Gasteiger partial charge is 0.352 e. The van der Waals surface area contributed by atoms with Crippen LogP contribution in [0.4, 0.5) is 0 Å². The van der Waals surface area contributed by atoms with E-state index in [1.165, 1.54) is 30.3 Å². The number of aromatic hydroxyl groups is 1. The van der Waals surface area contributed by atoms with Crippen molar-refractivity contribution in [3.8, 4) is 5.75 Å². The maximum absolute atomic E-state index is 12.8. The predicted molar refractivity (Wildman–Crippen MR) is 130 cm³/mol. The molecule has 0 aliphatic carbocycles. The van der Waals surface area contributed by atoms with Gasteiger partial charge in [-0.25, -0.2) is 4.79 Å². The van der Waals surface area contributed by atoms with E-state index in [-0.39, 0.29) is 29.5 Å². The van der Waals surface area contributed by atoms with E-state index in [0.29, 0.717) is 26.6 Å². The summed E-state index contributed by atoms with van der Waals surface area (Å²) in [7, 11) is 0. The van der Waals surface area contributed by atoms with E-state index in [4.69, 9.17) is 0 Å². The molecule has 0 aliphatic heterocycles. The van der Waals surface area contributed by atoms with Gasteiger partial charge in [0.1, 0.15) is 22.5 Å². The van der Waals surface area contributed by atoms with E-state index >= 15 is 0 Å². The number of fused-ring (bicyclic) bond motifs is 1. The Kier molecular flexibility index (Phi) is 6.88. The normalized spacial score (nSPS) is 11.3. The van der Waals surface area contributed by atoms with E-state index < -0.39 is 11.9 Å². The third kappa shape index (κ3) is 5.71. The molecule has 2 amide bonds. The molecule has 10 nitrogen and oxygen atoms in total. The Morgan fingerprint density at radius 1 is 0.971 bits per heavy atom. The Labute approximate surface area is 206 Å². The number of H-pyrrole nitrogens is 1. The van der Waals surface area contributed by atoms with Crippen molar-refractivity contribution in [2.75, 3.05) is 0 Å². The standard InChI is InChI=1S/C24H18BrN5O5/c25-18-11-15(22(32)26-12-14-2-1-3-16(31)8-14)5-6-17(18)23(33)27-21(24(34)35)10-13-4-7-19-20(9-13)29-30-28-19/h1-11,31H,12H2,(H,26,32)(H,27,33)(H,34,35)(H,28,29,30). The van der Waals surface area contributed by atoms with Gasteiger partial charge in [0, 0.05) is 16.6 Å². The lowest BCUT2D eigenvalue weighted by atomic mass is 10.1. The molecule has 11 heteroatoms. The van der Waals surface area contributed by atoms with Gasteiger partial charge < -0.3 is 20.8 Å². The molecule has 4 rings (SSSR count). The number of aromatic amines is 1. The number of amides is 2. The molecular formula is C24H18BrN5O5. The van der Waals surface area contributed by atoms with Crippen LogP contribution < -0.4 is 10.6 Å². The largest absolute Gasteiger partial charge is 0.508 e. The summed E-state index contributed by atoms with van der Waals surface area (Å²) >= 11 is 3.28. The van der Waals surface area contributed by atoms with Gasteiger partial charge in [-0.3, -0.25) is 9.59 Å². The number of nitrogens with zero attached hydrogens (tertiary/aromatic N) is 2. The maximum Gasteiger partial charge on any atom is 0.352 e. The Morgan fingerprint density at radius 2 is 1.77 bits per heavy atom. The van der Waals surface area contributed by atoms with E-state index in [2.05, 4.69) is 42.0 Å². The molecule has 0 bridgehead atoms. The number of phenolic OH excluding ortho intramolecular Hbond substituents is 1. The highest BCUT2D eigenvalue weighted by molar-refractivity contribution is 9.10. The van der Waals surface area contributed by atoms with E-state index in [1.807, 2.05) is 0 Å². The van der Waals surface area contributed by atoms with Crippen LogP contribution in [-0.2, 0) is 11.3 Å². The molecule has 0 fully saturated rings.